The fraction of sp³-hybridized carbons (Fsp3) is 0.667. The van der Waals surface area contributed by atoms with Gasteiger partial charge >= 0.3 is 24.4 Å². The maximum absolute atomic E-state index is 11.2. The number of carbonyl (C=O) groups is 4. The van der Waals surface area contributed by atoms with Crippen molar-refractivity contribution in [3.63, 3.8) is 0 Å². The van der Waals surface area contributed by atoms with Crippen molar-refractivity contribution in [3.05, 3.63) is 0 Å². The van der Waals surface area contributed by atoms with E-state index in [1.54, 1.807) is 0 Å². The van der Waals surface area contributed by atoms with Crippen LogP contribution in [0.4, 0.5) is 19.2 Å². The van der Waals surface area contributed by atoms with Gasteiger partial charge in [-0.3, -0.25) is 0 Å². The Hall–Kier alpha value is -1.82. The van der Waals surface area contributed by atoms with Gasteiger partial charge in [-0.05, 0) is 0 Å². The van der Waals surface area contributed by atoms with E-state index in [-0.39, 0.29) is 85.1 Å². The minimum absolute atomic E-state index is 0. The predicted molar refractivity (Wildman–Crippen MR) is 78.4 cm³/mol. The summed E-state index contributed by atoms with van der Waals surface area (Å²) in [7, 11) is 0. The molecule has 1 rings (SSSR count). The van der Waals surface area contributed by atoms with Gasteiger partial charge in [-0.1, -0.05) is 0 Å². The molecule has 0 aromatic rings. The molecule has 1 aliphatic rings. The molecular weight excluding hydrogens is 418 g/mol. The summed E-state index contributed by atoms with van der Waals surface area (Å²) in [6, 6.07) is 0. The number of rotatable bonds is 0. The summed E-state index contributed by atoms with van der Waals surface area (Å²) in [5.41, 5.74) is 0. The van der Waals surface area contributed by atoms with Crippen LogP contribution in [0.3, 0.4) is 0 Å². The van der Waals surface area contributed by atoms with Crippen molar-refractivity contribution in [2.45, 2.75) is 0 Å². The Balaban J connectivity index is 0.00000576. The Kier molecular flexibility index (Phi) is 10.1. The summed E-state index contributed by atoms with van der Waals surface area (Å²) in [6.45, 7) is -1.09. The van der Waals surface area contributed by atoms with Crippen LogP contribution < -0.4 is 0 Å². The van der Waals surface area contributed by atoms with Crippen LogP contribution in [0.5, 0.6) is 0 Å². The zero-order chi connectivity index (χ0) is 18.3. The molecule has 0 aromatic carbocycles. The van der Waals surface area contributed by atoms with Crippen LogP contribution in [0, 0.1) is 0 Å². The summed E-state index contributed by atoms with van der Waals surface area (Å²) in [4.78, 5) is 48.4. The summed E-state index contributed by atoms with van der Waals surface area (Å²) >= 11 is 0. The second-order valence-electron chi connectivity index (χ2n) is 5.08. The Morgan fingerprint density at radius 1 is 0.440 bits per heavy atom. The minimum Gasteiger partial charge on any atom is -0.465 e. The molecule has 0 spiro atoms. The third-order valence-corrected chi connectivity index (χ3v) is 3.64. The quantitative estimate of drug-likeness (QED) is 0.408. The number of amides is 4. The molecule has 0 atom stereocenters. The van der Waals surface area contributed by atoms with Crippen molar-refractivity contribution in [2.75, 3.05) is 52.4 Å². The Labute approximate surface area is 168 Å². The van der Waals surface area contributed by atoms with Crippen molar-refractivity contribution in [2.24, 2.45) is 0 Å². The summed E-state index contributed by atoms with van der Waals surface area (Å²) < 4.78 is 0. The third kappa shape index (κ3) is 7.73. The van der Waals surface area contributed by atoms with E-state index in [4.69, 9.17) is 20.4 Å². The van der Waals surface area contributed by atoms with Crippen molar-refractivity contribution in [1.82, 2.24) is 19.6 Å². The fourth-order valence-electron chi connectivity index (χ4n) is 2.18. The van der Waals surface area contributed by atoms with Gasteiger partial charge in [0.1, 0.15) is 0 Å². The second-order valence-corrected chi connectivity index (χ2v) is 5.08. The molecule has 4 amide bonds. The van der Waals surface area contributed by atoms with Crippen LogP contribution in [-0.2, 0) is 32.7 Å². The van der Waals surface area contributed by atoms with Crippen molar-refractivity contribution in [1.29, 1.82) is 0 Å². The van der Waals surface area contributed by atoms with E-state index in [9.17, 15) is 19.2 Å². The van der Waals surface area contributed by atoms with Crippen LogP contribution in [0.15, 0.2) is 0 Å². The van der Waals surface area contributed by atoms with Gasteiger partial charge in [0, 0.05) is 85.1 Å². The average molecular weight is 438 g/mol. The first-order valence-electron chi connectivity index (χ1n) is 7.14. The Bertz CT molecular complexity index is 402. The van der Waals surface area contributed by atoms with E-state index in [1.165, 1.54) is 0 Å². The molecule has 1 aliphatic heterocycles. The molecule has 0 bridgehead atoms. The van der Waals surface area contributed by atoms with Gasteiger partial charge in [0.2, 0.25) is 0 Å². The fourth-order valence-corrected chi connectivity index (χ4v) is 2.18. The van der Waals surface area contributed by atoms with Gasteiger partial charge in [0.25, 0.3) is 0 Å². The zero-order valence-electron chi connectivity index (χ0n) is 13.4. The number of hydrogen-bond acceptors (Lipinski definition) is 4. The smallest absolute Gasteiger partial charge is 0.407 e. The molecule has 0 aliphatic carbocycles. The molecule has 4 N–H and O–H groups in total. The molecule has 139 valence electrons. The van der Waals surface area contributed by atoms with E-state index >= 15 is 0 Å². The standard InChI is InChI=1S/C12H20N4O8.Y/c17-9(18)13-1-2-14(10(19)20)5-6-16(12(23)24)8-7-15(4-3-13)11(21)22;/h1-8H2,(H,17,18)(H,19,20)(H,21,22)(H,23,24);/i;1+1. The van der Waals surface area contributed by atoms with Gasteiger partial charge in [0.05, 0.1) is 0 Å². The monoisotopic (exact) mass is 438 g/mol. The molecule has 25 heavy (non-hydrogen) atoms. The average Bonchev–Trinajstić information content (AvgIpc) is 2.46. The van der Waals surface area contributed by atoms with E-state index < -0.39 is 24.4 Å². The molecule has 12 nitrogen and oxygen atoms in total. The van der Waals surface area contributed by atoms with Gasteiger partial charge in [-0.15, -0.1) is 0 Å². The second kappa shape index (κ2) is 10.9. The third-order valence-electron chi connectivity index (χ3n) is 3.64. The molecule has 0 aromatic heterocycles. The van der Waals surface area contributed by atoms with E-state index in [0.717, 1.165) is 19.6 Å². The molecule has 1 radical (unpaired) electrons. The van der Waals surface area contributed by atoms with Gasteiger partial charge < -0.3 is 40.0 Å². The Morgan fingerprint density at radius 2 is 0.560 bits per heavy atom. The molecule has 1 fully saturated rings. The Morgan fingerprint density at radius 3 is 0.640 bits per heavy atom. The van der Waals surface area contributed by atoms with Crippen LogP contribution in [0.2, 0.25) is 0 Å². The summed E-state index contributed by atoms with van der Waals surface area (Å²) in [6.07, 6.45) is -5.13. The van der Waals surface area contributed by atoms with Crippen LogP contribution in [0.25, 0.3) is 0 Å². The zero-order valence-corrected chi connectivity index (χ0v) is 16.3. The number of hydrogen-bond donors (Lipinski definition) is 4. The largest absolute Gasteiger partial charge is 0.465 e. The number of carboxylic acid groups (broad SMARTS) is 4. The van der Waals surface area contributed by atoms with Gasteiger partial charge in [-0.25, -0.2) is 19.2 Å². The van der Waals surface area contributed by atoms with Crippen molar-refractivity contribution in [3.8, 4) is 0 Å². The molecule has 1 saturated heterocycles. The van der Waals surface area contributed by atoms with Crippen LogP contribution in [0.1, 0.15) is 0 Å². The van der Waals surface area contributed by atoms with Crippen LogP contribution >= 0.6 is 0 Å². The maximum Gasteiger partial charge on any atom is 0.407 e. The number of nitrogens with zero attached hydrogens (tertiary/aromatic N) is 4. The first kappa shape index (κ1) is 23.2. The predicted octanol–water partition coefficient (Wildman–Crippen LogP) is -0.0825. The van der Waals surface area contributed by atoms with Gasteiger partial charge in [0.15, 0.2) is 0 Å². The first-order valence-corrected chi connectivity index (χ1v) is 7.14. The minimum atomic E-state index is -1.28. The summed E-state index contributed by atoms with van der Waals surface area (Å²) in [5.74, 6) is 0. The van der Waals surface area contributed by atoms with E-state index in [2.05, 4.69) is 0 Å². The van der Waals surface area contributed by atoms with Crippen molar-refractivity contribution >= 4 is 24.4 Å². The first-order chi connectivity index (χ1) is 11.2. The van der Waals surface area contributed by atoms with E-state index in [1.807, 2.05) is 0 Å². The van der Waals surface area contributed by atoms with E-state index in [0.29, 0.717) is 0 Å². The maximum atomic E-state index is 11.2. The van der Waals surface area contributed by atoms with Gasteiger partial charge in [-0.2, -0.15) is 0 Å². The van der Waals surface area contributed by atoms with Crippen LogP contribution in [-0.4, -0.2) is 117 Å². The molecule has 13 heteroatoms. The topological polar surface area (TPSA) is 162 Å². The van der Waals surface area contributed by atoms with Crippen molar-refractivity contribution < 1.29 is 72.3 Å². The SMILES string of the molecule is O=C(O)N1CCN(C(=O)O)CCN(C(=O)O)CCN(C(=O)O)CC1.[90Y]. The summed E-state index contributed by atoms with van der Waals surface area (Å²) in [5, 5.41) is 36.5. The molecule has 0 unspecified atom stereocenters. The molecule has 0 saturated carbocycles. The molecular formula is C12H20N4O8Y. The molecule has 1 heterocycles. The normalized spacial score (nSPS) is 17.0.